The zero-order chi connectivity index (χ0) is 13.3. The Kier molecular flexibility index (Phi) is 4.29. The van der Waals surface area contributed by atoms with E-state index in [0.29, 0.717) is 22.4 Å². The maximum absolute atomic E-state index is 13.0. The number of benzene rings is 1. The van der Waals surface area contributed by atoms with Gasteiger partial charge >= 0.3 is 0 Å². The Bertz CT molecular complexity index is 411. The molecule has 18 heavy (non-hydrogen) atoms. The Hall–Kier alpha value is -0.600. The summed E-state index contributed by atoms with van der Waals surface area (Å²) in [7, 11) is 0. The molecule has 0 saturated heterocycles. The van der Waals surface area contributed by atoms with Crippen LogP contribution in [-0.4, -0.2) is 5.11 Å². The van der Waals surface area contributed by atoms with Gasteiger partial charge in [0.1, 0.15) is 5.82 Å². The predicted molar refractivity (Wildman–Crippen MR) is 72.0 cm³/mol. The molecule has 0 bridgehead atoms. The van der Waals surface area contributed by atoms with Gasteiger partial charge in [-0.05, 0) is 54.7 Å². The molecular formula is C15H20ClFO. The van der Waals surface area contributed by atoms with Crippen LogP contribution in [0.3, 0.4) is 0 Å². The van der Waals surface area contributed by atoms with Crippen molar-refractivity contribution in [1.82, 2.24) is 0 Å². The normalized spacial score (nSPS) is 30.2. The third-order valence-corrected chi connectivity index (χ3v) is 4.27. The second-order valence-corrected chi connectivity index (χ2v) is 6.20. The van der Waals surface area contributed by atoms with Crippen molar-refractivity contribution in [2.24, 2.45) is 17.8 Å². The Morgan fingerprint density at radius 3 is 2.39 bits per heavy atom. The van der Waals surface area contributed by atoms with Crippen molar-refractivity contribution in [3.8, 4) is 0 Å². The van der Waals surface area contributed by atoms with Gasteiger partial charge in [0.15, 0.2) is 0 Å². The van der Waals surface area contributed by atoms with Gasteiger partial charge in [0, 0.05) is 5.02 Å². The zero-order valence-electron chi connectivity index (χ0n) is 10.9. The first-order valence-corrected chi connectivity index (χ1v) is 6.98. The van der Waals surface area contributed by atoms with Crippen LogP contribution in [0.4, 0.5) is 4.39 Å². The molecule has 1 nitrogen and oxygen atoms in total. The van der Waals surface area contributed by atoms with Crippen molar-refractivity contribution in [2.75, 3.05) is 0 Å². The molecule has 1 saturated carbocycles. The molecule has 1 N–H and O–H groups in total. The van der Waals surface area contributed by atoms with Gasteiger partial charge in [-0.3, -0.25) is 0 Å². The number of aliphatic hydroxyl groups excluding tert-OH is 1. The zero-order valence-corrected chi connectivity index (χ0v) is 11.6. The summed E-state index contributed by atoms with van der Waals surface area (Å²) in [5.41, 5.74) is 0.657. The summed E-state index contributed by atoms with van der Waals surface area (Å²) in [5, 5.41) is 10.8. The molecule has 0 aromatic heterocycles. The molecule has 1 aromatic carbocycles. The molecule has 0 heterocycles. The molecule has 2 rings (SSSR count). The van der Waals surface area contributed by atoms with E-state index in [1.165, 1.54) is 18.6 Å². The smallest absolute Gasteiger partial charge is 0.124 e. The van der Waals surface area contributed by atoms with E-state index in [1.807, 2.05) is 0 Å². The second kappa shape index (κ2) is 5.58. The van der Waals surface area contributed by atoms with Gasteiger partial charge in [0.2, 0.25) is 0 Å². The van der Waals surface area contributed by atoms with Gasteiger partial charge in [-0.25, -0.2) is 4.39 Å². The van der Waals surface area contributed by atoms with Crippen LogP contribution in [0.2, 0.25) is 5.02 Å². The van der Waals surface area contributed by atoms with Gasteiger partial charge < -0.3 is 5.11 Å². The Morgan fingerprint density at radius 1 is 1.22 bits per heavy atom. The number of aliphatic hydroxyl groups is 1. The molecule has 0 amide bonds. The summed E-state index contributed by atoms with van der Waals surface area (Å²) in [5.74, 6) is 1.13. The molecule has 0 aliphatic heterocycles. The molecular weight excluding hydrogens is 251 g/mol. The molecule has 0 radical (unpaired) electrons. The van der Waals surface area contributed by atoms with E-state index < -0.39 is 6.10 Å². The Labute approximate surface area is 113 Å². The van der Waals surface area contributed by atoms with Gasteiger partial charge in [-0.2, -0.15) is 0 Å². The van der Waals surface area contributed by atoms with E-state index >= 15 is 0 Å². The summed E-state index contributed by atoms with van der Waals surface area (Å²) < 4.78 is 13.0. The van der Waals surface area contributed by atoms with Gasteiger partial charge in [0.05, 0.1) is 6.10 Å². The van der Waals surface area contributed by atoms with E-state index in [4.69, 9.17) is 11.6 Å². The first-order valence-electron chi connectivity index (χ1n) is 6.60. The third kappa shape index (κ3) is 3.04. The van der Waals surface area contributed by atoms with E-state index in [-0.39, 0.29) is 11.7 Å². The first-order chi connectivity index (χ1) is 8.47. The molecule has 1 aliphatic carbocycles. The van der Waals surface area contributed by atoms with E-state index in [1.54, 1.807) is 6.07 Å². The highest BCUT2D eigenvalue weighted by molar-refractivity contribution is 6.31. The van der Waals surface area contributed by atoms with Crippen molar-refractivity contribution >= 4 is 11.6 Å². The van der Waals surface area contributed by atoms with Crippen molar-refractivity contribution in [1.29, 1.82) is 0 Å². The lowest BCUT2D eigenvalue weighted by atomic mass is 9.73. The average Bonchev–Trinajstić information content (AvgIpc) is 2.26. The molecule has 1 aromatic rings. The standard InChI is InChI=1S/C15H20ClFO/c1-9-5-10(2)7-11(6-9)15(18)13-4-3-12(17)8-14(13)16/h3-4,8-11,15,18H,5-7H2,1-2H3. The fourth-order valence-corrected chi connectivity index (χ4v) is 3.54. The van der Waals surface area contributed by atoms with E-state index in [2.05, 4.69) is 13.8 Å². The summed E-state index contributed by atoms with van der Waals surface area (Å²) in [6, 6.07) is 4.24. The topological polar surface area (TPSA) is 20.2 Å². The summed E-state index contributed by atoms with van der Waals surface area (Å²) >= 11 is 6.02. The molecule has 1 fully saturated rings. The van der Waals surface area contributed by atoms with Crippen LogP contribution in [0.15, 0.2) is 18.2 Å². The van der Waals surface area contributed by atoms with Crippen LogP contribution in [0, 0.1) is 23.6 Å². The largest absolute Gasteiger partial charge is 0.388 e. The summed E-state index contributed by atoms with van der Waals surface area (Å²) in [4.78, 5) is 0. The predicted octanol–water partition coefficient (Wildman–Crippen LogP) is 4.58. The monoisotopic (exact) mass is 270 g/mol. The molecule has 1 aliphatic rings. The average molecular weight is 271 g/mol. The number of rotatable bonds is 2. The highest BCUT2D eigenvalue weighted by Crippen LogP contribution is 2.41. The molecule has 3 heteroatoms. The third-order valence-electron chi connectivity index (χ3n) is 3.94. The minimum atomic E-state index is -0.580. The quantitative estimate of drug-likeness (QED) is 0.834. The Morgan fingerprint density at radius 2 is 1.83 bits per heavy atom. The van der Waals surface area contributed by atoms with Gasteiger partial charge in [-0.15, -0.1) is 0 Å². The van der Waals surface area contributed by atoms with Crippen molar-refractivity contribution in [3.63, 3.8) is 0 Å². The summed E-state index contributed by atoms with van der Waals surface area (Å²) in [6.45, 7) is 4.45. The second-order valence-electron chi connectivity index (χ2n) is 5.79. The number of hydrogen-bond donors (Lipinski definition) is 1. The number of halogens is 2. The lowest BCUT2D eigenvalue weighted by molar-refractivity contribution is 0.0552. The van der Waals surface area contributed by atoms with Crippen LogP contribution in [0.1, 0.15) is 44.8 Å². The molecule has 0 spiro atoms. The van der Waals surface area contributed by atoms with Gasteiger partial charge in [0.25, 0.3) is 0 Å². The lowest BCUT2D eigenvalue weighted by Gasteiger charge is -2.34. The van der Waals surface area contributed by atoms with E-state index in [0.717, 1.165) is 12.8 Å². The molecule has 3 unspecified atom stereocenters. The van der Waals surface area contributed by atoms with Gasteiger partial charge in [-0.1, -0.05) is 31.5 Å². The van der Waals surface area contributed by atoms with E-state index in [9.17, 15) is 9.50 Å². The van der Waals surface area contributed by atoms with Crippen LogP contribution >= 0.6 is 11.6 Å². The molecule has 3 atom stereocenters. The fraction of sp³-hybridized carbons (Fsp3) is 0.600. The van der Waals surface area contributed by atoms with Crippen LogP contribution in [-0.2, 0) is 0 Å². The van der Waals surface area contributed by atoms with Crippen molar-refractivity contribution < 1.29 is 9.50 Å². The Balaban J connectivity index is 2.17. The number of hydrogen-bond acceptors (Lipinski definition) is 1. The fourth-order valence-electron chi connectivity index (χ4n) is 3.26. The highest BCUT2D eigenvalue weighted by atomic mass is 35.5. The van der Waals surface area contributed by atoms with Crippen molar-refractivity contribution in [3.05, 3.63) is 34.6 Å². The van der Waals surface area contributed by atoms with Crippen LogP contribution in [0.25, 0.3) is 0 Å². The maximum Gasteiger partial charge on any atom is 0.124 e. The minimum Gasteiger partial charge on any atom is -0.388 e. The highest BCUT2D eigenvalue weighted by Gasteiger charge is 2.30. The van der Waals surface area contributed by atoms with Crippen LogP contribution in [0.5, 0.6) is 0 Å². The lowest BCUT2D eigenvalue weighted by Crippen LogP contribution is -2.24. The minimum absolute atomic E-state index is 0.228. The van der Waals surface area contributed by atoms with Crippen LogP contribution < -0.4 is 0 Å². The maximum atomic E-state index is 13.0. The first kappa shape index (κ1) is 13.8. The molecule has 100 valence electrons. The SMILES string of the molecule is CC1CC(C)CC(C(O)c2ccc(F)cc2Cl)C1. The summed E-state index contributed by atoms with van der Waals surface area (Å²) in [6.07, 6.45) is 2.67. The van der Waals surface area contributed by atoms with Crippen molar-refractivity contribution in [2.45, 2.75) is 39.2 Å².